The van der Waals surface area contributed by atoms with E-state index in [0.717, 1.165) is 24.6 Å². The molecule has 2 aromatic carbocycles. The highest BCUT2D eigenvalue weighted by molar-refractivity contribution is 5.90. The number of aliphatic imine (C=N–C) groups is 1. The van der Waals surface area contributed by atoms with E-state index in [2.05, 4.69) is 53.2 Å². The smallest absolute Gasteiger partial charge is 0.221 e. The number of benzene rings is 2. The summed E-state index contributed by atoms with van der Waals surface area (Å²) in [6.07, 6.45) is 3.66. The lowest BCUT2D eigenvalue weighted by Gasteiger charge is -2.43. The van der Waals surface area contributed by atoms with Gasteiger partial charge < -0.3 is 20.7 Å². The number of carbonyl (C=O) groups is 1. The third-order valence-corrected chi connectivity index (χ3v) is 5.63. The Balaban J connectivity index is 1.69. The maximum Gasteiger partial charge on any atom is 0.221 e. The molecular formula is C24H32N4O2. The second-order valence-corrected chi connectivity index (χ2v) is 7.76. The van der Waals surface area contributed by atoms with Gasteiger partial charge in [0.25, 0.3) is 0 Å². The van der Waals surface area contributed by atoms with Crippen molar-refractivity contribution < 1.29 is 9.53 Å². The molecule has 0 spiro atoms. The molecule has 3 rings (SSSR count). The van der Waals surface area contributed by atoms with Crippen molar-refractivity contribution in [2.75, 3.05) is 25.5 Å². The van der Waals surface area contributed by atoms with E-state index in [0.29, 0.717) is 18.0 Å². The summed E-state index contributed by atoms with van der Waals surface area (Å²) in [4.78, 5) is 16.2. The summed E-state index contributed by atoms with van der Waals surface area (Å²) >= 11 is 0. The normalized spacial score (nSPS) is 15.1. The van der Waals surface area contributed by atoms with Gasteiger partial charge in [-0.15, -0.1) is 0 Å². The average Bonchev–Trinajstić information content (AvgIpc) is 2.71. The Hall–Kier alpha value is -3.02. The fourth-order valence-electron chi connectivity index (χ4n) is 3.87. The molecule has 0 bridgehead atoms. The minimum absolute atomic E-state index is 0.129. The van der Waals surface area contributed by atoms with Crippen molar-refractivity contribution in [3.05, 3.63) is 59.7 Å². The molecule has 0 heterocycles. The van der Waals surface area contributed by atoms with E-state index in [1.54, 1.807) is 7.11 Å². The van der Waals surface area contributed by atoms with Gasteiger partial charge in [0.2, 0.25) is 5.91 Å². The van der Waals surface area contributed by atoms with Crippen molar-refractivity contribution in [2.24, 2.45) is 4.99 Å². The maximum atomic E-state index is 11.5. The minimum atomic E-state index is -0.129. The number of guanidine groups is 1. The van der Waals surface area contributed by atoms with Crippen molar-refractivity contribution >= 4 is 17.6 Å². The summed E-state index contributed by atoms with van der Waals surface area (Å²) in [5, 5.41) is 9.70. The Morgan fingerprint density at radius 2 is 1.90 bits per heavy atom. The first-order valence-electron chi connectivity index (χ1n) is 10.6. The monoisotopic (exact) mass is 408 g/mol. The van der Waals surface area contributed by atoms with Crippen LogP contribution in [0.5, 0.6) is 5.75 Å². The molecule has 3 N–H and O–H groups in total. The van der Waals surface area contributed by atoms with Crippen molar-refractivity contribution in [1.82, 2.24) is 10.6 Å². The summed E-state index contributed by atoms with van der Waals surface area (Å²) < 4.78 is 5.33. The standard InChI is InChI=1S/C24H32N4O2/c1-4-25-23(27-17-24(13-8-14-24)20-9-6-5-7-10-20)26-16-19-11-12-22(30-3)21(15-19)28-18(2)29/h5-7,9-12,15H,4,8,13-14,16-17H2,1-3H3,(H,28,29)(H2,25,26,27). The molecule has 1 saturated carbocycles. The van der Waals surface area contributed by atoms with Crippen molar-refractivity contribution in [3.8, 4) is 5.75 Å². The van der Waals surface area contributed by atoms with E-state index in [9.17, 15) is 4.79 Å². The van der Waals surface area contributed by atoms with E-state index in [4.69, 9.17) is 9.73 Å². The fourth-order valence-corrected chi connectivity index (χ4v) is 3.87. The number of amides is 1. The lowest BCUT2D eigenvalue weighted by atomic mass is 9.64. The maximum absolute atomic E-state index is 11.5. The van der Waals surface area contributed by atoms with Gasteiger partial charge in [0, 0.05) is 25.4 Å². The Bertz CT molecular complexity index is 876. The number of carbonyl (C=O) groups excluding carboxylic acids is 1. The largest absolute Gasteiger partial charge is 0.495 e. The van der Waals surface area contributed by atoms with Crippen LogP contribution < -0.4 is 20.7 Å². The highest BCUT2D eigenvalue weighted by atomic mass is 16.5. The zero-order valence-corrected chi connectivity index (χ0v) is 18.1. The van der Waals surface area contributed by atoms with E-state index < -0.39 is 0 Å². The van der Waals surface area contributed by atoms with Crippen molar-refractivity contribution in [1.29, 1.82) is 0 Å². The fraction of sp³-hybridized carbons (Fsp3) is 0.417. The second kappa shape index (κ2) is 10.1. The van der Waals surface area contributed by atoms with Gasteiger partial charge in [-0.2, -0.15) is 0 Å². The average molecular weight is 409 g/mol. The molecule has 1 fully saturated rings. The zero-order valence-electron chi connectivity index (χ0n) is 18.1. The summed E-state index contributed by atoms with van der Waals surface area (Å²) in [7, 11) is 1.59. The lowest BCUT2D eigenvalue weighted by molar-refractivity contribution is -0.114. The Morgan fingerprint density at radius 3 is 2.50 bits per heavy atom. The van der Waals surface area contributed by atoms with Crippen LogP contribution in [0.3, 0.4) is 0 Å². The Morgan fingerprint density at radius 1 is 1.13 bits per heavy atom. The number of ether oxygens (including phenoxy) is 1. The molecule has 6 nitrogen and oxygen atoms in total. The topological polar surface area (TPSA) is 74.8 Å². The van der Waals surface area contributed by atoms with E-state index in [-0.39, 0.29) is 11.3 Å². The predicted molar refractivity (Wildman–Crippen MR) is 122 cm³/mol. The van der Waals surface area contributed by atoms with Gasteiger partial charge in [-0.05, 0) is 43.0 Å². The zero-order chi connectivity index (χ0) is 21.4. The van der Waals surface area contributed by atoms with Gasteiger partial charge in [0.1, 0.15) is 5.75 Å². The highest BCUT2D eigenvalue weighted by Crippen LogP contribution is 2.43. The quantitative estimate of drug-likeness (QED) is 0.458. The number of rotatable bonds is 8. The van der Waals surface area contributed by atoms with Gasteiger partial charge in [-0.3, -0.25) is 4.79 Å². The second-order valence-electron chi connectivity index (χ2n) is 7.76. The van der Waals surface area contributed by atoms with Crippen molar-refractivity contribution in [2.45, 2.75) is 45.1 Å². The van der Waals surface area contributed by atoms with E-state index in [1.165, 1.54) is 31.7 Å². The first-order chi connectivity index (χ1) is 14.6. The molecule has 2 aromatic rings. The predicted octanol–water partition coefficient (Wildman–Crippen LogP) is 3.83. The molecule has 6 heteroatoms. The molecule has 1 amide bonds. The van der Waals surface area contributed by atoms with Gasteiger partial charge in [0.15, 0.2) is 5.96 Å². The van der Waals surface area contributed by atoms with Gasteiger partial charge >= 0.3 is 0 Å². The molecule has 0 atom stereocenters. The molecule has 1 aliphatic rings. The first-order valence-corrected chi connectivity index (χ1v) is 10.6. The van der Waals surface area contributed by atoms with Gasteiger partial charge in [0.05, 0.1) is 19.3 Å². The first kappa shape index (κ1) is 21.7. The molecule has 0 unspecified atom stereocenters. The molecule has 160 valence electrons. The number of nitrogens with zero attached hydrogens (tertiary/aromatic N) is 1. The molecule has 1 aliphatic carbocycles. The SMILES string of the molecule is CCNC(=NCc1ccc(OC)c(NC(C)=O)c1)NCC1(c2ccccc2)CCC1. The molecule has 0 saturated heterocycles. The third kappa shape index (κ3) is 5.32. The summed E-state index contributed by atoms with van der Waals surface area (Å²) in [6.45, 7) is 5.72. The van der Waals surface area contributed by atoms with Crippen LogP contribution in [0.2, 0.25) is 0 Å². The number of anilines is 1. The molecular weight excluding hydrogens is 376 g/mol. The van der Waals surface area contributed by atoms with Crippen LogP contribution in [0.25, 0.3) is 0 Å². The van der Waals surface area contributed by atoms with Crippen LogP contribution >= 0.6 is 0 Å². The molecule has 0 aromatic heterocycles. The third-order valence-electron chi connectivity index (χ3n) is 5.63. The summed E-state index contributed by atoms with van der Waals surface area (Å²) in [6, 6.07) is 16.5. The lowest BCUT2D eigenvalue weighted by Crippen LogP contribution is -2.48. The van der Waals surface area contributed by atoms with E-state index in [1.807, 2.05) is 18.2 Å². The van der Waals surface area contributed by atoms with Crippen molar-refractivity contribution in [3.63, 3.8) is 0 Å². The van der Waals surface area contributed by atoms with Crippen LogP contribution in [0, 0.1) is 0 Å². The number of methoxy groups -OCH3 is 1. The number of nitrogens with one attached hydrogen (secondary N) is 3. The van der Waals surface area contributed by atoms with Crippen LogP contribution in [0.1, 0.15) is 44.2 Å². The van der Waals surface area contributed by atoms with Crippen LogP contribution in [0.15, 0.2) is 53.5 Å². The Kier molecular flexibility index (Phi) is 7.33. The van der Waals surface area contributed by atoms with Crippen LogP contribution in [-0.4, -0.2) is 32.1 Å². The van der Waals surface area contributed by atoms with Gasteiger partial charge in [-0.25, -0.2) is 4.99 Å². The van der Waals surface area contributed by atoms with Crippen LogP contribution in [0.4, 0.5) is 5.69 Å². The van der Waals surface area contributed by atoms with Crippen LogP contribution in [-0.2, 0) is 16.8 Å². The number of hydrogen-bond acceptors (Lipinski definition) is 3. The molecule has 0 aliphatic heterocycles. The minimum Gasteiger partial charge on any atom is -0.495 e. The number of hydrogen-bond donors (Lipinski definition) is 3. The highest BCUT2D eigenvalue weighted by Gasteiger charge is 2.38. The van der Waals surface area contributed by atoms with E-state index >= 15 is 0 Å². The van der Waals surface area contributed by atoms with Gasteiger partial charge in [-0.1, -0.05) is 42.8 Å². The summed E-state index contributed by atoms with van der Waals surface area (Å²) in [5.41, 5.74) is 3.25. The molecule has 0 radical (unpaired) electrons. The molecule has 30 heavy (non-hydrogen) atoms. The Labute approximate surface area is 179 Å². The summed E-state index contributed by atoms with van der Waals surface area (Å²) in [5.74, 6) is 1.31.